The highest BCUT2D eigenvalue weighted by Gasteiger charge is 2.21. The van der Waals surface area contributed by atoms with Gasteiger partial charge in [-0.25, -0.2) is 4.79 Å². The smallest absolute Gasteiger partial charge is 0.319 e. The number of hydrogen-bond donors (Lipinski definition) is 3. The largest absolute Gasteiger partial charge is 0.369 e. The van der Waals surface area contributed by atoms with E-state index in [4.69, 9.17) is 5.73 Å². The van der Waals surface area contributed by atoms with Gasteiger partial charge in [-0.1, -0.05) is 42.5 Å². The number of urea groups is 1. The van der Waals surface area contributed by atoms with Gasteiger partial charge in [-0.15, -0.1) is 0 Å². The molecule has 0 spiro atoms. The number of nitrogens with one attached hydrogen (secondary N) is 2. The number of amides is 3. The first-order valence-electron chi connectivity index (χ1n) is 8.15. The monoisotopic (exact) mass is 323 g/mol. The zero-order valence-electron chi connectivity index (χ0n) is 13.4. The van der Waals surface area contributed by atoms with Crippen LogP contribution >= 0.6 is 0 Å². The lowest BCUT2D eigenvalue weighted by molar-refractivity contribution is -0.117. The van der Waals surface area contributed by atoms with Crippen LogP contribution in [0.5, 0.6) is 0 Å². The van der Waals surface area contributed by atoms with Gasteiger partial charge in [0.15, 0.2) is 0 Å². The molecular weight excluding hydrogens is 302 g/mol. The molecule has 2 aromatic carbocycles. The van der Waals surface area contributed by atoms with Crippen LogP contribution in [0.15, 0.2) is 48.5 Å². The van der Waals surface area contributed by atoms with E-state index in [9.17, 15) is 9.59 Å². The molecule has 3 amide bonds. The number of carbonyl (C=O) groups excluding carboxylic acids is 2. The van der Waals surface area contributed by atoms with Crippen molar-refractivity contribution in [2.24, 2.45) is 5.73 Å². The van der Waals surface area contributed by atoms with Crippen LogP contribution in [0.25, 0.3) is 0 Å². The number of para-hydroxylation sites is 1. The summed E-state index contributed by atoms with van der Waals surface area (Å²) in [5, 5.41) is 5.87. The van der Waals surface area contributed by atoms with Crippen LogP contribution in [0, 0.1) is 0 Å². The van der Waals surface area contributed by atoms with E-state index in [1.54, 1.807) is 12.1 Å². The minimum atomic E-state index is -0.425. The number of fused-ring (bicyclic) bond motifs is 1. The van der Waals surface area contributed by atoms with Crippen LogP contribution in [0.4, 0.5) is 10.5 Å². The standard InChI is InChI=1S/C19H21N3O2/c20-18(23)12-14-7-2-4-10-16(14)21-19(24)22-17-11-5-8-13-6-1-3-9-15(13)17/h1-4,6-7,9-10,17H,5,8,11-12H2,(H2,20,23)(H2,21,22,24)/t17-/m0/s1. The molecular formula is C19H21N3O2. The second kappa shape index (κ2) is 7.17. The van der Waals surface area contributed by atoms with Crippen molar-refractivity contribution < 1.29 is 9.59 Å². The fourth-order valence-electron chi connectivity index (χ4n) is 3.20. The number of carbonyl (C=O) groups is 2. The van der Waals surface area contributed by atoms with Crippen LogP contribution in [0.2, 0.25) is 0 Å². The molecule has 1 atom stereocenters. The van der Waals surface area contributed by atoms with E-state index in [0.717, 1.165) is 19.3 Å². The molecule has 5 heteroatoms. The van der Waals surface area contributed by atoms with Crippen molar-refractivity contribution in [3.8, 4) is 0 Å². The molecule has 124 valence electrons. The number of benzene rings is 2. The predicted octanol–water partition coefficient (Wildman–Crippen LogP) is 2.91. The molecule has 0 aliphatic heterocycles. The molecule has 5 nitrogen and oxygen atoms in total. The Morgan fingerprint density at radius 3 is 2.67 bits per heavy atom. The van der Waals surface area contributed by atoms with Gasteiger partial charge in [0, 0.05) is 5.69 Å². The predicted molar refractivity (Wildman–Crippen MR) is 93.6 cm³/mol. The quantitative estimate of drug-likeness (QED) is 0.808. The van der Waals surface area contributed by atoms with E-state index < -0.39 is 5.91 Å². The van der Waals surface area contributed by atoms with E-state index in [1.165, 1.54) is 11.1 Å². The summed E-state index contributed by atoms with van der Waals surface area (Å²) in [7, 11) is 0. The topological polar surface area (TPSA) is 84.2 Å². The van der Waals surface area contributed by atoms with Gasteiger partial charge < -0.3 is 16.4 Å². The van der Waals surface area contributed by atoms with E-state index in [2.05, 4.69) is 22.8 Å². The summed E-state index contributed by atoms with van der Waals surface area (Å²) < 4.78 is 0. The Bertz CT molecular complexity index is 758. The van der Waals surface area contributed by atoms with Gasteiger partial charge in [0.05, 0.1) is 12.5 Å². The molecule has 0 heterocycles. The maximum atomic E-state index is 12.4. The van der Waals surface area contributed by atoms with E-state index in [-0.39, 0.29) is 18.5 Å². The number of hydrogen-bond acceptors (Lipinski definition) is 2. The fraction of sp³-hybridized carbons (Fsp3) is 0.263. The molecule has 2 aromatic rings. The van der Waals surface area contributed by atoms with Crippen LogP contribution in [0.1, 0.15) is 35.6 Å². The van der Waals surface area contributed by atoms with Gasteiger partial charge in [0.1, 0.15) is 0 Å². The van der Waals surface area contributed by atoms with Gasteiger partial charge in [-0.3, -0.25) is 4.79 Å². The Hall–Kier alpha value is -2.82. The van der Waals surface area contributed by atoms with Crippen molar-refractivity contribution in [2.45, 2.75) is 31.7 Å². The lowest BCUT2D eigenvalue weighted by atomic mass is 9.88. The summed E-state index contributed by atoms with van der Waals surface area (Å²) >= 11 is 0. The summed E-state index contributed by atoms with van der Waals surface area (Å²) in [4.78, 5) is 23.5. The van der Waals surface area contributed by atoms with Crippen molar-refractivity contribution in [2.75, 3.05) is 5.32 Å². The second-order valence-electron chi connectivity index (χ2n) is 6.04. The molecule has 0 radical (unpaired) electrons. The first-order valence-corrected chi connectivity index (χ1v) is 8.15. The molecule has 0 bridgehead atoms. The van der Waals surface area contributed by atoms with Gasteiger partial charge in [-0.2, -0.15) is 0 Å². The minimum absolute atomic E-state index is 0.0123. The Balaban J connectivity index is 1.70. The third kappa shape index (κ3) is 3.74. The van der Waals surface area contributed by atoms with Crippen molar-refractivity contribution in [3.05, 3.63) is 65.2 Å². The maximum Gasteiger partial charge on any atom is 0.319 e. The molecule has 0 unspecified atom stereocenters. The molecule has 0 saturated heterocycles. The molecule has 1 aliphatic carbocycles. The van der Waals surface area contributed by atoms with Crippen molar-refractivity contribution in [1.82, 2.24) is 5.32 Å². The number of rotatable bonds is 4. The summed E-state index contributed by atoms with van der Waals surface area (Å²) in [6.07, 6.45) is 3.13. The minimum Gasteiger partial charge on any atom is -0.369 e. The van der Waals surface area contributed by atoms with E-state index in [0.29, 0.717) is 11.3 Å². The molecule has 1 aliphatic rings. The average Bonchev–Trinajstić information content (AvgIpc) is 2.56. The number of anilines is 1. The highest BCUT2D eigenvalue weighted by atomic mass is 16.2. The highest BCUT2D eigenvalue weighted by molar-refractivity contribution is 5.91. The Morgan fingerprint density at radius 1 is 1.08 bits per heavy atom. The summed E-state index contributed by atoms with van der Waals surface area (Å²) in [5.41, 5.74) is 9.06. The maximum absolute atomic E-state index is 12.4. The zero-order valence-corrected chi connectivity index (χ0v) is 13.4. The van der Waals surface area contributed by atoms with Crippen LogP contribution in [-0.4, -0.2) is 11.9 Å². The number of aryl methyl sites for hydroxylation is 1. The Kier molecular flexibility index (Phi) is 4.79. The fourth-order valence-corrected chi connectivity index (χ4v) is 3.20. The lowest BCUT2D eigenvalue weighted by Crippen LogP contribution is -2.34. The van der Waals surface area contributed by atoms with E-state index >= 15 is 0 Å². The van der Waals surface area contributed by atoms with Gasteiger partial charge in [0.25, 0.3) is 0 Å². The lowest BCUT2D eigenvalue weighted by Gasteiger charge is -2.26. The molecule has 3 rings (SSSR count). The Labute approximate surface area is 141 Å². The molecule has 24 heavy (non-hydrogen) atoms. The van der Waals surface area contributed by atoms with Crippen LogP contribution in [-0.2, 0) is 17.6 Å². The SMILES string of the molecule is NC(=O)Cc1ccccc1NC(=O)N[C@H]1CCCc2ccccc21. The third-order valence-electron chi connectivity index (χ3n) is 4.30. The first-order chi connectivity index (χ1) is 11.6. The van der Waals surface area contributed by atoms with Crippen molar-refractivity contribution in [3.63, 3.8) is 0 Å². The van der Waals surface area contributed by atoms with Crippen LogP contribution in [0.3, 0.4) is 0 Å². The first kappa shape index (κ1) is 16.1. The average molecular weight is 323 g/mol. The summed E-state index contributed by atoms with van der Waals surface area (Å²) in [6, 6.07) is 15.1. The molecule has 4 N–H and O–H groups in total. The Morgan fingerprint density at radius 2 is 1.83 bits per heavy atom. The zero-order chi connectivity index (χ0) is 16.9. The number of primary amides is 1. The van der Waals surface area contributed by atoms with Gasteiger partial charge in [-0.05, 0) is 42.0 Å². The van der Waals surface area contributed by atoms with Gasteiger partial charge in [0.2, 0.25) is 5.91 Å². The van der Waals surface area contributed by atoms with Crippen molar-refractivity contribution in [1.29, 1.82) is 0 Å². The van der Waals surface area contributed by atoms with Crippen LogP contribution < -0.4 is 16.4 Å². The molecule has 0 aromatic heterocycles. The second-order valence-corrected chi connectivity index (χ2v) is 6.04. The summed E-state index contributed by atoms with van der Waals surface area (Å²) in [6.45, 7) is 0. The van der Waals surface area contributed by atoms with E-state index in [1.807, 2.05) is 24.3 Å². The highest BCUT2D eigenvalue weighted by Crippen LogP contribution is 2.29. The normalized spacial score (nSPS) is 16.1. The third-order valence-corrected chi connectivity index (χ3v) is 4.30. The summed E-state index contributed by atoms with van der Waals surface area (Å²) in [5.74, 6) is -0.425. The molecule has 0 saturated carbocycles. The molecule has 0 fully saturated rings. The number of nitrogens with two attached hydrogens (primary N) is 1. The van der Waals surface area contributed by atoms with Gasteiger partial charge >= 0.3 is 6.03 Å². The van der Waals surface area contributed by atoms with Crippen molar-refractivity contribution >= 4 is 17.6 Å².